The van der Waals surface area contributed by atoms with Gasteiger partial charge >= 0.3 is 5.97 Å². The number of carbonyl (C=O) groups excluding carboxylic acids is 2. The Balaban J connectivity index is 1.55. The number of carboxylic acid groups (broad SMARTS) is 1. The molecule has 0 spiro atoms. The van der Waals surface area contributed by atoms with Crippen molar-refractivity contribution in [2.24, 2.45) is 0 Å². The van der Waals surface area contributed by atoms with Crippen molar-refractivity contribution in [2.45, 2.75) is 51.1 Å². The van der Waals surface area contributed by atoms with E-state index in [1.807, 2.05) is 4.72 Å². The average molecular weight is 662 g/mol. The summed E-state index contributed by atoms with van der Waals surface area (Å²) in [7, 11) is -4.20. The molecule has 4 rings (SSSR count). The van der Waals surface area contributed by atoms with E-state index in [-0.39, 0.29) is 34.8 Å². The van der Waals surface area contributed by atoms with E-state index in [4.69, 9.17) is 6.42 Å². The first-order valence-electron chi connectivity index (χ1n) is 14.3. The molecule has 0 saturated carbocycles. The molecule has 3 aromatic carbocycles. The van der Waals surface area contributed by atoms with Gasteiger partial charge in [0.25, 0.3) is 21.5 Å². The Labute approximate surface area is 270 Å². The molecule has 0 aliphatic heterocycles. The van der Waals surface area contributed by atoms with Crippen LogP contribution in [-0.4, -0.2) is 53.9 Å². The number of para-hydroxylation sites is 1. The number of nitrogens with zero attached hydrogens (tertiary/aromatic N) is 2. The Bertz CT molecular complexity index is 2070. The molecule has 0 unspecified atom stereocenters. The number of hydrogen-bond donors (Lipinski definition) is 4. The lowest BCUT2D eigenvalue weighted by Crippen LogP contribution is -2.42. The first-order chi connectivity index (χ1) is 22.2. The van der Waals surface area contributed by atoms with E-state index >= 15 is 4.39 Å². The van der Waals surface area contributed by atoms with Crippen LogP contribution in [0.5, 0.6) is 0 Å². The number of amides is 2. The minimum atomic E-state index is -4.20. The van der Waals surface area contributed by atoms with Crippen LogP contribution in [0, 0.1) is 38.9 Å². The van der Waals surface area contributed by atoms with Crippen molar-refractivity contribution in [3.8, 4) is 12.3 Å². The van der Waals surface area contributed by atoms with Gasteiger partial charge in [-0.2, -0.15) is 0 Å². The van der Waals surface area contributed by atoms with Crippen molar-refractivity contribution >= 4 is 44.4 Å². The summed E-state index contributed by atoms with van der Waals surface area (Å²) < 4.78 is 42.4. The van der Waals surface area contributed by atoms with Gasteiger partial charge in [0.1, 0.15) is 17.7 Å². The number of terminal acetylenes is 1. The van der Waals surface area contributed by atoms with E-state index in [1.165, 1.54) is 29.2 Å². The third-order valence-corrected chi connectivity index (χ3v) is 8.70. The third-order valence-electron chi connectivity index (χ3n) is 7.32. The van der Waals surface area contributed by atoms with Crippen molar-refractivity contribution in [3.05, 3.63) is 98.8 Å². The molecule has 0 saturated heterocycles. The van der Waals surface area contributed by atoms with Gasteiger partial charge in [0, 0.05) is 13.0 Å². The number of anilines is 1. The number of rotatable bonds is 12. The predicted octanol–water partition coefficient (Wildman–Crippen LogP) is 3.10. The van der Waals surface area contributed by atoms with Crippen LogP contribution in [0.15, 0.2) is 64.3 Å². The van der Waals surface area contributed by atoms with E-state index < -0.39 is 52.5 Å². The average Bonchev–Trinajstić information content (AvgIpc) is 2.99. The highest BCUT2D eigenvalue weighted by Crippen LogP contribution is 2.28. The largest absolute Gasteiger partial charge is 0.480 e. The lowest BCUT2D eigenvalue weighted by molar-refractivity contribution is -0.139. The van der Waals surface area contributed by atoms with Crippen LogP contribution in [-0.2, 0) is 26.2 Å². The summed E-state index contributed by atoms with van der Waals surface area (Å²) in [4.78, 5) is 58.8. The normalized spacial score (nSPS) is 11.8. The zero-order chi connectivity index (χ0) is 34.5. The van der Waals surface area contributed by atoms with Gasteiger partial charge < -0.3 is 20.3 Å². The highest BCUT2D eigenvalue weighted by Gasteiger charge is 2.27. The zero-order valence-corrected chi connectivity index (χ0v) is 26.6. The highest BCUT2D eigenvalue weighted by molar-refractivity contribution is 7.90. The second-order valence-electron chi connectivity index (χ2n) is 10.9. The highest BCUT2D eigenvalue weighted by atomic mass is 32.2. The van der Waals surface area contributed by atoms with Crippen molar-refractivity contribution in [1.29, 1.82) is 0 Å². The van der Waals surface area contributed by atoms with Gasteiger partial charge in [0.15, 0.2) is 0 Å². The summed E-state index contributed by atoms with van der Waals surface area (Å²) in [6.45, 7) is 5.04. The minimum absolute atomic E-state index is 0.0154. The number of sulfonamides is 1. The number of carboxylic acids is 1. The Kier molecular flexibility index (Phi) is 10.4. The van der Waals surface area contributed by atoms with Crippen LogP contribution in [0.3, 0.4) is 0 Å². The van der Waals surface area contributed by atoms with Crippen molar-refractivity contribution < 1.29 is 32.3 Å². The number of aromatic amines is 1. The monoisotopic (exact) mass is 661 g/mol. The molecule has 47 heavy (non-hydrogen) atoms. The summed E-state index contributed by atoms with van der Waals surface area (Å²) in [5.74, 6) is -1.37. The molecule has 14 heteroatoms. The third kappa shape index (κ3) is 8.19. The topological polar surface area (TPSA) is 179 Å². The number of hydrogen-bond acceptors (Lipinski definition) is 8. The number of nitrogens with one attached hydrogen (secondary N) is 3. The number of H-pyrrole nitrogens is 1. The van der Waals surface area contributed by atoms with E-state index in [2.05, 4.69) is 21.2 Å². The van der Waals surface area contributed by atoms with Gasteiger partial charge in [-0.15, -0.1) is 6.42 Å². The fourth-order valence-electron chi connectivity index (χ4n) is 4.92. The molecule has 244 valence electrons. The number of aliphatic carboxylic acids is 1. The number of halogens is 1. The molecule has 12 nitrogen and oxygen atoms in total. The molecule has 0 aliphatic carbocycles. The van der Waals surface area contributed by atoms with Crippen LogP contribution >= 0.6 is 0 Å². The van der Waals surface area contributed by atoms with Crippen molar-refractivity contribution in [3.63, 3.8) is 0 Å². The van der Waals surface area contributed by atoms with Crippen LogP contribution < -0.4 is 20.5 Å². The first-order valence-corrected chi connectivity index (χ1v) is 15.8. The van der Waals surface area contributed by atoms with Gasteiger partial charge in [0.2, 0.25) is 5.91 Å². The van der Waals surface area contributed by atoms with Crippen LogP contribution in [0.1, 0.15) is 45.7 Å². The number of fused-ring (bicyclic) bond motifs is 1. The van der Waals surface area contributed by atoms with Gasteiger partial charge in [0.05, 0.1) is 33.6 Å². The molecular weight excluding hydrogens is 629 g/mol. The maximum Gasteiger partial charge on any atom is 0.326 e. The maximum atomic E-state index is 15.4. The molecule has 1 atom stereocenters. The minimum Gasteiger partial charge on any atom is -0.480 e. The van der Waals surface area contributed by atoms with Crippen molar-refractivity contribution in [2.75, 3.05) is 11.4 Å². The molecule has 2 amide bonds. The Morgan fingerprint density at radius 1 is 1.11 bits per heavy atom. The lowest BCUT2D eigenvalue weighted by atomic mass is 10.0. The lowest BCUT2D eigenvalue weighted by Gasteiger charge is -2.27. The second kappa shape index (κ2) is 14.3. The molecule has 1 aromatic heterocycles. The molecule has 4 aromatic rings. The first kappa shape index (κ1) is 34.3. The van der Waals surface area contributed by atoms with Crippen LogP contribution in [0.4, 0.5) is 10.1 Å². The van der Waals surface area contributed by atoms with Gasteiger partial charge in [-0.1, -0.05) is 29.7 Å². The summed E-state index contributed by atoms with van der Waals surface area (Å²) >= 11 is 0. The predicted molar refractivity (Wildman–Crippen MR) is 173 cm³/mol. The van der Waals surface area contributed by atoms with Crippen molar-refractivity contribution in [1.82, 2.24) is 20.0 Å². The van der Waals surface area contributed by atoms with Crippen LogP contribution in [0.2, 0.25) is 0 Å². The van der Waals surface area contributed by atoms with Gasteiger partial charge in [-0.3, -0.25) is 14.4 Å². The van der Waals surface area contributed by atoms with E-state index in [0.717, 1.165) is 17.2 Å². The van der Waals surface area contributed by atoms with E-state index in [0.29, 0.717) is 22.3 Å². The Hall–Kier alpha value is -5.55. The summed E-state index contributed by atoms with van der Waals surface area (Å²) in [6.07, 6.45) is 4.58. The Morgan fingerprint density at radius 3 is 2.47 bits per heavy atom. The molecule has 4 N–H and O–H groups in total. The summed E-state index contributed by atoms with van der Waals surface area (Å²) in [6, 6.07) is 11.2. The molecular formula is C33H32FN5O7S. The maximum absolute atomic E-state index is 15.4. The Morgan fingerprint density at radius 2 is 1.81 bits per heavy atom. The quantitative estimate of drug-likeness (QED) is 0.166. The number of carbonyl (C=O) groups is 3. The molecule has 0 radical (unpaired) electrons. The molecule has 0 bridgehead atoms. The van der Waals surface area contributed by atoms with Gasteiger partial charge in [-0.25, -0.2) is 27.3 Å². The standard InChI is InChI=1S/C33H32FN5O7S/c1-5-15-39(18-22-17-25-28(16-20(22)3)35-21(4)36-32(25)42)30-24(7-6-8-26(30)34)31(41)37-27(33(43)44)13-14-29(40)38-47(45,46)23-11-9-19(2)10-12-23/h1,6-12,16-17,27H,13-15,18H2,2-4H3,(H,37,41)(H,38,40)(H,43,44)(H,35,36,42)/t27-/m0/s1. The van der Waals surface area contributed by atoms with E-state index in [9.17, 15) is 32.7 Å². The molecule has 0 fully saturated rings. The number of aryl methyl sites for hydroxylation is 3. The second-order valence-corrected chi connectivity index (χ2v) is 12.6. The smallest absolute Gasteiger partial charge is 0.326 e. The number of aromatic nitrogens is 2. The van der Waals surface area contributed by atoms with E-state index in [1.54, 1.807) is 45.0 Å². The molecule has 1 heterocycles. The zero-order valence-electron chi connectivity index (χ0n) is 25.8. The molecule has 0 aliphatic rings. The number of benzene rings is 3. The summed E-state index contributed by atoms with van der Waals surface area (Å²) in [5, 5.41) is 12.4. The fourth-order valence-corrected chi connectivity index (χ4v) is 5.93. The summed E-state index contributed by atoms with van der Waals surface area (Å²) in [5.41, 5.74) is 1.83. The fraction of sp³-hybridized carbons (Fsp3) is 0.242. The van der Waals surface area contributed by atoms with Crippen LogP contribution in [0.25, 0.3) is 10.9 Å². The SMILES string of the molecule is C#CCN(Cc1cc2c(=O)[nH]c(C)nc2cc1C)c1c(F)cccc1C(=O)N[C@@H](CCC(=O)NS(=O)(=O)c1ccc(C)cc1)C(=O)O. The van der Waals surface area contributed by atoms with Gasteiger partial charge in [-0.05, 0) is 74.7 Å².